The van der Waals surface area contributed by atoms with Gasteiger partial charge >= 0.3 is 0 Å². The molecule has 0 aromatic heterocycles. The van der Waals surface area contributed by atoms with Crippen LogP contribution in [0.5, 0.6) is 5.75 Å². The fourth-order valence-electron chi connectivity index (χ4n) is 4.31. The van der Waals surface area contributed by atoms with Gasteiger partial charge in [-0.1, -0.05) is 48.5 Å². The topological polar surface area (TPSA) is 105 Å². The first-order valence-electron chi connectivity index (χ1n) is 13.6. The summed E-state index contributed by atoms with van der Waals surface area (Å²) in [6.45, 7) is 3.38. The number of amides is 2. The first-order valence-corrected chi connectivity index (χ1v) is 15.1. The number of nitrogens with zero attached hydrogens (tertiary/aromatic N) is 1. The molecule has 0 spiro atoms. The van der Waals surface area contributed by atoms with E-state index in [1.165, 1.54) is 71.6 Å². The Labute approximate surface area is 255 Å². The Morgan fingerprint density at radius 2 is 1.45 bits per heavy atom. The molecular weight excluding hydrogens is 588 g/mol. The molecule has 4 aromatic rings. The van der Waals surface area contributed by atoms with Gasteiger partial charge in [-0.05, 0) is 71.8 Å². The molecule has 11 heteroatoms. The van der Waals surface area contributed by atoms with E-state index in [0.717, 1.165) is 17.7 Å². The fourth-order valence-corrected chi connectivity index (χ4v) is 5.36. The molecule has 2 N–H and O–H groups in total. The number of ether oxygens (including phenoxy) is 1. The van der Waals surface area contributed by atoms with E-state index in [9.17, 15) is 26.8 Å². The molecule has 0 radical (unpaired) electrons. The maximum atomic E-state index is 13.6. The fraction of sp³-hybridized carbons (Fsp3) is 0.152. The third-order valence-electron chi connectivity index (χ3n) is 6.55. The number of hydrogen-bond donors (Lipinski definition) is 2. The Morgan fingerprint density at radius 1 is 0.841 bits per heavy atom. The molecule has 4 aromatic carbocycles. The highest BCUT2D eigenvalue weighted by Crippen LogP contribution is 2.21. The molecule has 0 bridgehead atoms. The maximum Gasteiger partial charge on any atom is 0.261 e. The van der Waals surface area contributed by atoms with Crippen LogP contribution in [0, 0.1) is 11.6 Å². The number of carbonyl (C=O) groups is 2. The molecule has 8 nitrogen and oxygen atoms in total. The molecule has 44 heavy (non-hydrogen) atoms. The van der Waals surface area contributed by atoms with Crippen molar-refractivity contribution in [3.05, 3.63) is 139 Å². The summed E-state index contributed by atoms with van der Waals surface area (Å²) in [4.78, 5) is 28.3. The Kier molecular flexibility index (Phi) is 10.8. The molecule has 1 unspecified atom stereocenters. The smallest absolute Gasteiger partial charge is 0.261 e. The van der Waals surface area contributed by atoms with Crippen molar-refractivity contribution in [3.8, 4) is 5.75 Å². The van der Waals surface area contributed by atoms with Gasteiger partial charge in [0.2, 0.25) is 5.91 Å². The summed E-state index contributed by atoms with van der Waals surface area (Å²) >= 11 is 0. The van der Waals surface area contributed by atoms with Gasteiger partial charge < -0.3 is 15.0 Å². The van der Waals surface area contributed by atoms with Gasteiger partial charge in [0.25, 0.3) is 15.9 Å². The zero-order chi connectivity index (χ0) is 31.5. The number of halogens is 2. The lowest BCUT2D eigenvalue weighted by molar-refractivity contribution is -0.142. The first-order chi connectivity index (χ1) is 21.1. The summed E-state index contributed by atoms with van der Waals surface area (Å²) in [7, 11) is -3.96. The molecule has 0 heterocycles. The van der Waals surface area contributed by atoms with Crippen LogP contribution in [0.2, 0.25) is 0 Å². The Balaban J connectivity index is 1.52. The predicted octanol–water partition coefficient (Wildman–Crippen LogP) is 5.09. The zero-order valence-electron chi connectivity index (χ0n) is 23.7. The second-order valence-electron chi connectivity index (χ2n) is 9.76. The average molecular weight is 620 g/mol. The van der Waals surface area contributed by atoms with Crippen LogP contribution in [0.4, 0.5) is 14.5 Å². The number of hydrogen-bond acceptors (Lipinski definition) is 5. The molecule has 0 fully saturated rings. The number of nitrogens with one attached hydrogen (secondary N) is 2. The minimum Gasteiger partial charge on any atom is -0.484 e. The lowest BCUT2D eigenvalue weighted by Gasteiger charge is -2.31. The van der Waals surface area contributed by atoms with Gasteiger partial charge in [0.1, 0.15) is 23.4 Å². The van der Waals surface area contributed by atoms with Gasteiger partial charge in [0.05, 0.1) is 4.90 Å². The number of carbonyl (C=O) groups excluding carboxylic acids is 2. The molecule has 2 amide bonds. The molecule has 0 saturated carbocycles. The van der Waals surface area contributed by atoms with Crippen molar-refractivity contribution < 1.29 is 31.5 Å². The van der Waals surface area contributed by atoms with Crippen LogP contribution in [0.1, 0.15) is 11.1 Å². The number of sulfonamides is 1. The summed E-state index contributed by atoms with van der Waals surface area (Å²) in [6, 6.07) is 24.2. The molecular formula is C33H31F2N3O5S. The standard InChI is InChI=1S/C33H31F2N3O5S/c1-2-20-36-33(40)31(21-24-6-4-3-5-7-24)38(22-25-8-10-26(34)11-9-25)32(39)23-43-29-16-18-30(19-17-29)44(41,42)37-28-14-12-27(35)13-15-28/h2-19,31,37H,1,20-23H2,(H,36,40). The van der Waals surface area contributed by atoms with Crippen molar-refractivity contribution in [1.82, 2.24) is 10.2 Å². The summed E-state index contributed by atoms with van der Waals surface area (Å²) in [5.74, 6) is -1.62. The second-order valence-corrected chi connectivity index (χ2v) is 11.4. The van der Waals surface area contributed by atoms with Crippen molar-refractivity contribution in [2.45, 2.75) is 23.9 Å². The van der Waals surface area contributed by atoms with Crippen LogP contribution < -0.4 is 14.8 Å². The second kappa shape index (κ2) is 14.9. The summed E-state index contributed by atoms with van der Waals surface area (Å²) in [6.07, 6.45) is 1.75. The highest BCUT2D eigenvalue weighted by molar-refractivity contribution is 7.92. The maximum absolute atomic E-state index is 13.6. The van der Waals surface area contributed by atoms with Crippen molar-refractivity contribution in [3.63, 3.8) is 0 Å². The average Bonchev–Trinajstić information content (AvgIpc) is 3.03. The van der Waals surface area contributed by atoms with Crippen molar-refractivity contribution in [2.24, 2.45) is 0 Å². The lowest BCUT2D eigenvalue weighted by atomic mass is 10.0. The number of anilines is 1. The summed E-state index contributed by atoms with van der Waals surface area (Å²) < 4.78 is 60.3. The van der Waals surface area contributed by atoms with Crippen LogP contribution in [0.15, 0.2) is 121 Å². The quantitative estimate of drug-likeness (QED) is 0.192. The first kappa shape index (κ1) is 31.9. The van der Waals surface area contributed by atoms with Gasteiger partial charge in [0, 0.05) is 25.2 Å². The number of benzene rings is 4. The van der Waals surface area contributed by atoms with E-state index < -0.39 is 46.1 Å². The van der Waals surface area contributed by atoms with Crippen LogP contribution in [-0.4, -0.2) is 44.3 Å². The van der Waals surface area contributed by atoms with E-state index >= 15 is 0 Å². The Bertz CT molecular complexity index is 1670. The molecule has 1 atom stereocenters. The minimum absolute atomic E-state index is 0.00766. The van der Waals surface area contributed by atoms with E-state index in [4.69, 9.17) is 4.74 Å². The minimum atomic E-state index is -3.96. The SMILES string of the molecule is C=CCNC(=O)C(Cc1ccccc1)N(Cc1ccc(F)cc1)C(=O)COc1ccc(S(=O)(=O)Nc2ccc(F)cc2)cc1. The van der Waals surface area contributed by atoms with E-state index in [-0.39, 0.29) is 35.8 Å². The summed E-state index contributed by atoms with van der Waals surface area (Å²) in [5.41, 5.74) is 1.63. The third kappa shape index (κ3) is 8.98. The van der Waals surface area contributed by atoms with Gasteiger partial charge in [-0.2, -0.15) is 0 Å². The molecule has 0 aliphatic carbocycles. The van der Waals surface area contributed by atoms with Crippen LogP contribution in [-0.2, 0) is 32.6 Å². The lowest BCUT2D eigenvalue weighted by Crippen LogP contribution is -2.51. The third-order valence-corrected chi connectivity index (χ3v) is 7.95. The molecule has 0 saturated heterocycles. The monoisotopic (exact) mass is 619 g/mol. The van der Waals surface area contributed by atoms with Gasteiger partial charge in [-0.25, -0.2) is 17.2 Å². The van der Waals surface area contributed by atoms with Gasteiger partial charge in [-0.3, -0.25) is 14.3 Å². The largest absolute Gasteiger partial charge is 0.484 e. The van der Waals surface area contributed by atoms with E-state index in [1.54, 1.807) is 0 Å². The number of rotatable bonds is 14. The molecule has 0 aliphatic rings. The van der Waals surface area contributed by atoms with E-state index in [2.05, 4.69) is 16.6 Å². The molecule has 0 aliphatic heterocycles. The highest BCUT2D eigenvalue weighted by Gasteiger charge is 2.30. The highest BCUT2D eigenvalue weighted by atomic mass is 32.2. The van der Waals surface area contributed by atoms with Crippen molar-refractivity contribution in [2.75, 3.05) is 17.9 Å². The van der Waals surface area contributed by atoms with Gasteiger partial charge in [-0.15, -0.1) is 6.58 Å². The van der Waals surface area contributed by atoms with Crippen LogP contribution in [0.3, 0.4) is 0 Å². The molecule has 228 valence electrons. The van der Waals surface area contributed by atoms with Gasteiger partial charge in [0.15, 0.2) is 6.61 Å². The summed E-state index contributed by atoms with van der Waals surface area (Å²) in [5, 5.41) is 2.76. The Hall–Kier alpha value is -5.03. The van der Waals surface area contributed by atoms with E-state index in [1.807, 2.05) is 30.3 Å². The van der Waals surface area contributed by atoms with E-state index in [0.29, 0.717) is 5.56 Å². The molecule has 4 rings (SSSR count). The van der Waals surface area contributed by atoms with Crippen LogP contribution >= 0.6 is 0 Å². The predicted molar refractivity (Wildman–Crippen MR) is 163 cm³/mol. The normalized spacial score (nSPS) is 11.7. The van der Waals surface area contributed by atoms with Crippen molar-refractivity contribution in [1.29, 1.82) is 0 Å². The van der Waals surface area contributed by atoms with Crippen LogP contribution in [0.25, 0.3) is 0 Å². The Morgan fingerprint density at radius 3 is 2.07 bits per heavy atom. The van der Waals surface area contributed by atoms with Crippen molar-refractivity contribution >= 4 is 27.5 Å². The zero-order valence-corrected chi connectivity index (χ0v) is 24.5.